The third kappa shape index (κ3) is 3.20. The van der Waals surface area contributed by atoms with E-state index in [4.69, 9.17) is 16.1 Å². The Bertz CT molecular complexity index is 696. The monoisotopic (exact) mass is 333 g/mol. The third-order valence-corrected chi connectivity index (χ3v) is 4.50. The highest BCUT2D eigenvalue weighted by molar-refractivity contribution is 6.30. The molecule has 0 bridgehead atoms. The van der Waals surface area contributed by atoms with Crippen molar-refractivity contribution < 1.29 is 9.32 Å². The lowest BCUT2D eigenvalue weighted by atomic mass is 10.0. The fourth-order valence-electron chi connectivity index (χ4n) is 3.14. The average Bonchev–Trinajstić information content (AvgIpc) is 3.15. The van der Waals surface area contributed by atoms with Gasteiger partial charge in [-0.2, -0.15) is 0 Å². The number of aryl methyl sites for hydroxylation is 2. The molecule has 1 atom stereocenters. The molecule has 1 aliphatic rings. The SMILES string of the molecule is CCc1onc(C)c1C1CCCN1C(=O)Nc1ccc(Cl)cc1. The molecular weight excluding hydrogens is 314 g/mol. The molecule has 6 heteroatoms. The molecule has 23 heavy (non-hydrogen) atoms. The molecule has 2 aromatic rings. The molecule has 1 saturated heterocycles. The number of hydrogen-bond donors (Lipinski definition) is 1. The number of halogens is 1. The lowest BCUT2D eigenvalue weighted by molar-refractivity contribution is 0.206. The fourth-order valence-corrected chi connectivity index (χ4v) is 3.27. The van der Waals surface area contributed by atoms with Gasteiger partial charge in [-0.1, -0.05) is 23.7 Å². The molecule has 122 valence electrons. The number of aromatic nitrogens is 1. The number of likely N-dealkylation sites (tertiary alicyclic amines) is 1. The smallest absolute Gasteiger partial charge is 0.322 e. The van der Waals surface area contributed by atoms with Gasteiger partial charge in [-0.25, -0.2) is 4.79 Å². The third-order valence-electron chi connectivity index (χ3n) is 4.25. The number of carbonyl (C=O) groups is 1. The van der Waals surface area contributed by atoms with Crippen LogP contribution in [0.4, 0.5) is 10.5 Å². The average molecular weight is 334 g/mol. The van der Waals surface area contributed by atoms with Crippen molar-refractivity contribution in [3.8, 4) is 0 Å². The number of rotatable bonds is 3. The fraction of sp³-hybridized carbons (Fsp3) is 0.412. The maximum atomic E-state index is 12.6. The van der Waals surface area contributed by atoms with Gasteiger partial charge in [0.1, 0.15) is 5.76 Å². The number of nitrogens with zero attached hydrogens (tertiary/aromatic N) is 2. The minimum Gasteiger partial charge on any atom is -0.361 e. The summed E-state index contributed by atoms with van der Waals surface area (Å²) in [5.41, 5.74) is 2.68. The maximum absolute atomic E-state index is 12.6. The first kappa shape index (κ1) is 15.9. The van der Waals surface area contributed by atoms with Crippen LogP contribution in [0.1, 0.15) is 42.8 Å². The molecule has 0 saturated carbocycles. The van der Waals surface area contributed by atoms with Crippen LogP contribution in [0.2, 0.25) is 5.02 Å². The highest BCUT2D eigenvalue weighted by Gasteiger charge is 2.34. The van der Waals surface area contributed by atoms with E-state index >= 15 is 0 Å². The summed E-state index contributed by atoms with van der Waals surface area (Å²) in [5.74, 6) is 0.874. The first-order valence-electron chi connectivity index (χ1n) is 7.88. The zero-order valence-electron chi connectivity index (χ0n) is 13.3. The molecule has 2 amide bonds. The number of carbonyl (C=O) groups excluding carboxylic acids is 1. The number of urea groups is 1. The molecular formula is C17H20ClN3O2. The minimum atomic E-state index is -0.0996. The van der Waals surface area contributed by atoms with Gasteiger partial charge in [0.15, 0.2) is 0 Å². The van der Waals surface area contributed by atoms with Crippen molar-refractivity contribution in [2.75, 3.05) is 11.9 Å². The van der Waals surface area contributed by atoms with Gasteiger partial charge in [-0.3, -0.25) is 0 Å². The van der Waals surface area contributed by atoms with E-state index in [1.54, 1.807) is 24.3 Å². The highest BCUT2D eigenvalue weighted by Crippen LogP contribution is 2.36. The van der Waals surface area contributed by atoms with Crippen LogP contribution in [0.15, 0.2) is 28.8 Å². The van der Waals surface area contributed by atoms with Crippen LogP contribution in [0.25, 0.3) is 0 Å². The van der Waals surface area contributed by atoms with Crippen molar-refractivity contribution in [3.05, 3.63) is 46.3 Å². The Morgan fingerprint density at radius 1 is 1.43 bits per heavy atom. The first-order chi connectivity index (χ1) is 11.1. The van der Waals surface area contributed by atoms with E-state index in [0.717, 1.165) is 48.5 Å². The molecule has 1 unspecified atom stereocenters. The predicted octanol–water partition coefficient (Wildman–Crippen LogP) is 4.57. The summed E-state index contributed by atoms with van der Waals surface area (Å²) in [6, 6.07) is 7.05. The van der Waals surface area contributed by atoms with Crippen molar-refractivity contribution >= 4 is 23.3 Å². The van der Waals surface area contributed by atoms with Gasteiger partial charge in [0.2, 0.25) is 0 Å². The van der Waals surface area contributed by atoms with E-state index in [1.165, 1.54) is 0 Å². The topological polar surface area (TPSA) is 58.4 Å². The van der Waals surface area contributed by atoms with E-state index in [-0.39, 0.29) is 12.1 Å². The van der Waals surface area contributed by atoms with Gasteiger partial charge in [-0.15, -0.1) is 0 Å². The van der Waals surface area contributed by atoms with Crippen molar-refractivity contribution in [3.63, 3.8) is 0 Å². The second-order valence-corrected chi connectivity index (χ2v) is 6.18. The van der Waals surface area contributed by atoms with Crippen LogP contribution in [-0.2, 0) is 6.42 Å². The molecule has 1 N–H and O–H groups in total. The van der Waals surface area contributed by atoms with Crippen molar-refractivity contribution in [2.24, 2.45) is 0 Å². The zero-order valence-corrected chi connectivity index (χ0v) is 14.1. The molecule has 1 aromatic carbocycles. The molecule has 2 heterocycles. The zero-order chi connectivity index (χ0) is 16.4. The van der Waals surface area contributed by atoms with E-state index in [9.17, 15) is 4.79 Å². The summed E-state index contributed by atoms with van der Waals surface area (Å²) >= 11 is 5.88. The Kier molecular flexibility index (Phi) is 4.57. The van der Waals surface area contributed by atoms with Crippen LogP contribution in [0.5, 0.6) is 0 Å². The number of hydrogen-bond acceptors (Lipinski definition) is 3. The Balaban J connectivity index is 1.79. The minimum absolute atomic E-state index is 0.0310. The number of amides is 2. The molecule has 1 fully saturated rings. The van der Waals surface area contributed by atoms with Crippen LogP contribution >= 0.6 is 11.6 Å². The van der Waals surface area contributed by atoms with E-state index in [0.29, 0.717) is 5.02 Å². The Hall–Kier alpha value is -2.01. The van der Waals surface area contributed by atoms with E-state index < -0.39 is 0 Å². The second kappa shape index (κ2) is 6.62. The number of anilines is 1. The van der Waals surface area contributed by atoms with Gasteiger partial charge in [0.25, 0.3) is 0 Å². The normalized spacial score (nSPS) is 17.5. The molecule has 0 aliphatic carbocycles. The van der Waals surface area contributed by atoms with Gasteiger partial charge in [0.05, 0.1) is 11.7 Å². The molecule has 5 nitrogen and oxygen atoms in total. The number of benzene rings is 1. The maximum Gasteiger partial charge on any atom is 0.322 e. The Morgan fingerprint density at radius 3 is 2.87 bits per heavy atom. The summed E-state index contributed by atoms with van der Waals surface area (Å²) < 4.78 is 5.39. The largest absolute Gasteiger partial charge is 0.361 e. The predicted molar refractivity (Wildman–Crippen MR) is 89.8 cm³/mol. The van der Waals surface area contributed by atoms with Crippen LogP contribution in [-0.4, -0.2) is 22.6 Å². The Morgan fingerprint density at radius 2 is 2.17 bits per heavy atom. The van der Waals surface area contributed by atoms with Crippen molar-refractivity contribution in [1.29, 1.82) is 0 Å². The second-order valence-electron chi connectivity index (χ2n) is 5.75. The molecule has 0 radical (unpaired) electrons. The summed E-state index contributed by atoms with van der Waals surface area (Å²) in [6.45, 7) is 4.71. The summed E-state index contributed by atoms with van der Waals surface area (Å²) in [6.07, 6.45) is 2.69. The van der Waals surface area contributed by atoms with Crippen LogP contribution in [0, 0.1) is 6.92 Å². The molecule has 3 rings (SSSR count). The quantitative estimate of drug-likeness (QED) is 0.895. The van der Waals surface area contributed by atoms with Crippen molar-refractivity contribution in [1.82, 2.24) is 10.1 Å². The van der Waals surface area contributed by atoms with Crippen molar-refractivity contribution in [2.45, 2.75) is 39.2 Å². The Labute approximate surface area is 140 Å². The molecule has 0 spiro atoms. The van der Waals surface area contributed by atoms with Gasteiger partial charge in [0, 0.05) is 29.2 Å². The molecule has 1 aliphatic heterocycles. The first-order valence-corrected chi connectivity index (χ1v) is 8.26. The van der Waals surface area contributed by atoms with E-state index in [1.807, 2.05) is 18.7 Å². The summed E-state index contributed by atoms with van der Waals surface area (Å²) in [5, 5.41) is 7.66. The highest BCUT2D eigenvalue weighted by atomic mass is 35.5. The lowest BCUT2D eigenvalue weighted by Gasteiger charge is -2.25. The van der Waals surface area contributed by atoms with Gasteiger partial charge < -0.3 is 14.7 Å². The number of nitrogens with one attached hydrogen (secondary N) is 1. The standard InChI is InChI=1S/C17H20ClN3O2/c1-3-15-16(11(2)20-23-15)14-5-4-10-21(14)17(22)19-13-8-6-12(18)7-9-13/h6-9,14H,3-5,10H2,1-2H3,(H,19,22). The molecule has 1 aromatic heterocycles. The summed E-state index contributed by atoms with van der Waals surface area (Å²) in [7, 11) is 0. The van der Waals surface area contributed by atoms with Gasteiger partial charge >= 0.3 is 6.03 Å². The van der Waals surface area contributed by atoms with Gasteiger partial charge in [-0.05, 0) is 44.0 Å². The van der Waals surface area contributed by atoms with E-state index in [2.05, 4.69) is 10.5 Å². The van der Waals surface area contributed by atoms with Crippen LogP contribution in [0.3, 0.4) is 0 Å². The summed E-state index contributed by atoms with van der Waals surface area (Å²) in [4.78, 5) is 14.5. The van der Waals surface area contributed by atoms with Crippen LogP contribution < -0.4 is 5.32 Å². The lowest BCUT2D eigenvalue weighted by Crippen LogP contribution is -2.34.